The van der Waals surface area contributed by atoms with Gasteiger partial charge in [-0.3, -0.25) is 20.4 Å². The van der Waals surface area contributed by atoms with E-state index in [1.54, 1.807) is 12.1 Å². The van der Waals surface area contributed by atoms with Crippen LogP contribution >= 0.6 is 0 Å². The third-order valence-corrected chi connectivity index (χ3v) is 3.62. The molecule has 0 radical (unpaired) electrons. The van der Waals surface area contributed by atoms with Crippen molar-refractivity contribution in [3.05, 3.63) is 53.9 Å². The summed E-state index contributed by atoms with van der Waals surface area (Å²) in [6, 6.07) is 8.54. The smallest absolute Gasteiger partial charge is 0.276 e. The average molecular weight is 404 g/mol. The molecule has 2 aromatic rings. The van der Waals surface area contributed by atoms with Crippen molar-refractivity contribution >= 4 is 17.9 Å². The number of ether oxygens (including phenoxy) is 4. The van der Waals surface area contributed by atoms with E-state index < -0.39 is 17.6 Å². The monoisotopic (exact) mass is 404 g/mol. The number of rotatable bonds is 8. The van der Waals surface area contributed by atoms with E-state index in [9.17, 15) is 14.0 Å². The van der Waals surface area contributed by atoms with Gasteiger partial charge in [-0.25, -0.2) is 4.39 Å². The van der Waals surface area contributed by atoms with Gasteiger partial charge in [-0.15, -0.1) is 0 Å². The van der Waals surface area contributed by atoms with E-state index in [1.807, 2.05) is 0 Å². The molecular formula is C20H21FN2O6. The Morgan fingerprint density at radius 2 is 1.59 bits per heavy atom. The van der Waals surface area contributed by atoms with Gasteiger partial charge in [0.1, 0.15) is 11.6 Å². The van der Waals surface area contributed by atoms with Gasteiger partial charge in [-0.1, -0.05) is 0 Å². The van der Waals surface area contributed by atoms with E-state index in [4.69, 9.17) is 18.9 Å². The predicted octanol–water partition coefficient (Wildman–Crippen LogP) is 2.09. The Bertz CT molecular complexity index is 858. The molecule has 2 rings (SSSR count). The number of halogens is 1. The first-order chi connectivity index (χ1) is 14.0. The lowest BCUT2D eigenvalue weighted by molar-refractivity contribution is -0.128. The third kappa shape index (κ3) is 6.42. The lowest BCUT2D eigenvalue weighted by atomic mass is 10.1. The molecule has 0 saturated heterocycles. The molecule has 0 aromatic heterocycles. The summed E-state index contributed by atoms with van der Waals surface area (Å²) >= 11 is 0. The lowest BCUT2D eigenvalue weighted by Crippen LogP contribution is -2.43. The number of methoxy groups -OCH3 is 3. The first-order valence-electron chi connectivity index (χ1n) is 8.42. The van der Waals surface area contributed by atoms with E-state index in [1.165, 1.54) is 57.7 Å². The van der Waals surface area contributed by atoms with Crippen LogP contribution in [0.15, 0.2) is 42.5 Å². The number of carbonyl (C=O) groups is 2. The largest absolute Gasteiger partial charge is 0.493 e. The molecule has 0 aliphatic carbocycles. The van der Waals surface area contributed by atoms with Gasteiger partial charge >= 0.3 is 0 Å². The van der Waals surface area contributed by atoms with Gasteiger partial charge in [-0.05, 0) is 48.0 Å². The van der Waals surface area contributed by atoms with Crippen molar-refractivity contribution in [2.75, 3.05) is 27.9 Å². The van der Waals surface area contributed by atoms with Crippen molar-refractivity contribution < 1.29 is 32.9 Å². The van der Waals surface area contributed by atoms with E-state index >= 15 is 0 Å². The average Bonchev–Trinajstić information content (AvgIpc) is 2.74. The van der Waals surface area contributed by atoms with Gasteiger partial charge in [0.15, 0.2) is 18.1 Å². The second-order valence-corrected chi connectivity index (χ2v) is 5.57. The zero-order valence-electron chi connectivity index (χ0n) is 16.2. The number of hydrogen-bond donors (Lipinski definition) is 2. The summed E-state index contributed by atoms with van der Waals surface area (Å²) in [6.07, 6.45) is 2.74. The van der Waals surface area contributed by atoms with Crippen LogP contribution in [0.4, 0.5) is 4.39 Å². The SMILES string of the molecule is COc1cc(/C=C/C(=O)NNC(=O)COc2ccc(F)cc2)cc(OC)c1OC. The third-order valence-electron chi connectivity index (χ3n) is 3.62. The minimum Gasteiger partial charge on any atom is -0.493 e. The summed E-state index contributed by atoms with van der Waals surface area (Å²) in [5.41, 5.74) is 5.06. The number of benzene rings is 2. The van der Waals surface area contributed by atoms with Gasteiger partial charge in [0, 0.05) is 6.08 Å². The molecule has 0 unspecified atom stereocenters. The van der Waals surface area contributed by atoms with Gasteiger partial charge in [0.05, 0.1) is 21.3 Å². The molecule has 8 nitrogen and oxygen atoms in total. The van der Waals surface area contributed by atoms with Crippen LogP contribution in [0.25, 0.3) is 6.08 Å². The molecule has 0 saturated carbocycles. The number of nitrogens with one attached hydrogen (secondary N) is 2. The second-order valence-electron chi connectivity index (χ2n) is 5.57. The minimum atomic E-state index is -0.580. The Labute approximate surface area is 167 Å². The zero-order valence-corrected chi connectivity index (χ0v) is 16.2. The van der Waals surface area contributed by atoms with Gasteiger partial charge < -0.3 is 18.9 Å². The molecule has 154 valence electrons. The summed E-state index contributed by atoms with van der Waals surface area (Å²) in [5, 5.41) is 0. The van der Waals surface area contributed by atoms with Gasteiger partial charge in [-0.2, -0.15) is 0 Å². The van der Waals surface area contributed by atoms with E-state index in [2.05, 4.69) is 10.9 Å². The fourth-order valence-corrected chi connectivity index (χ4v) is 2.26. The number of carbonyl (C=O) groups excluding carboxylic acids is 2. The van der Waals surface area contributed by atoms with Crippen molar-refractivity contribution in [1.82, 2.24) is 10.9 Å². The molecular weight excluding hydrogens is 383 g/mol. The van der Waals surface area contributed by atoms with Crippen LogP contribution in [-0.2, 0) is 9.59 Å². The van der Waals surface area contributed by atoms with Crippen molar-refractivity contribution in [2.24, 2.45) is 0 Å². The Hall–Kier alpha value is -3.75. The summed E-state index contributed by atoms with van der Waals surface area (Å²) in [7, 11) is 4.47. The Morgan fingerprint density at radius 1 is 0.966 bits per heavy atom. The molecule has 9 heteroatoms. The van der Waals surface area contributed by atoms with Gasteiger partial charge in [0.25, 0.3) is 11.8 Å². The van der Waals surface area contributed by atoms with E-state index in [-0.39, 0.29) is 6.61 Å². The van der Waals surface area contributed by atoms with Crippen LogP contribution in [0.3, 0.4) is 0 Å². The van der Waals surface area contributed by atoms with E-state index in [0.717, 1.165) is 0 Å². The maximum absolute atomic E-state index is 12.8. The first kappa shape index (κ1) is 21.5. The predicted molar refractivity (Wildman–Crippen MR) is 103 cm³/mol. The topological polar surface area (TPSA) is 95.1 Å². The summed E-state index contributed by atoms with van der Waals surface area (Å²) < 4.78 is 33.7. The standard InChI is InChI=1S/C20H21FN2O6/c1-26-16-10-13(11-17(27-2)20(16)28-3)4-9-18(24)22-23-19(25)12-29-15-7-5-14(21)6-8-15/h4-11H,12H2,1-3H3,(H,22,24)(H,23,25)/b9-4+. The normalized spacial score (nSPS) is 10.3. The van der Waals surface area contributed by atoms with E-state index in [0.29, 0.717) is 28.6 Å². The Morgan fingerprint density at radius 3 is 2.14 bits per heavy atom. The number of amides is 2. The highest BCUT2D eigenvalue weighted by molar-refractivity contribution is 5.93. The molecule has 0 aliphatic heterocycles. The molecule has 2 amide bonds. The highest BCUT2D eigenvalue weighted by atomic mass is 19.1. The first-order valence-corrected chi connectivity index (χ1v) is 8.42. The zero-order chi connectivity index (χ0) is 21.2. The molecule has 2 N–H and O–H groups in total. The van der Waals surface area contributed by atoms with Crippen LogP contribution in [0, 0.1) is 5.82 Å². The molecule has 0 bridgehead atoms. The molecule has 0 heterocycles. The fraction of sp³-hybridized carbons (Fsp3) is 0.200. The Balaban J connectivity index is 1.87. The maximum Gasteiger partial charge on any atom is 0.276 e. The quantitative estimate of drug-likeness (QED) is 0.517. The van der Waals surface area contributed by atoms with Crippen molar-refractivity contribution in [2.45, 2.75) is 0 Å². The van der Waals surface area contributed by atoms with Crippen molar-refractivity contribution in [3.63, 3.8) is 0 Å². The molecule has 0 atom stereocenters. The summed E-state index contributed by atoms with van der Waals surface area (Å²) in [6.45, 7) is -0.345. The number of hydrogen-bond acceptors (Lipinski definition) is 6. The van der Waals surface area contributed by atoms with Crippen molar-refractivity contribution in [3.8, 4) is 23.0 Å². The lowest BCUT2D eigenvalue weighted by Gasteiger charge is -2.12. The molecule has 0 aliphatic rings. The Kier molecular flexibility index (Phi) is 7.84. The molecule has 0 spiro atoms. The highest BCUT2D eigenvalue weighted by Gasteiger charge is 2.12. The molecule has 0 fully saturated rings. The summed E-state index contributed by atoms with van der Waals surface area (Å²) in [5.74, 6) is 0.0993. The fourth-order valence-electron chi connectivity index (χ4n) is 2.26. The van der Waals surface area contributed by atoms with Crippen LogP contribution in [0.5, 0.6) is 23.0 Å². The molecule has 2 aromatic carbocycles. The van der Waals surface area contributed by atoms with Crippen LogP contribution in [0.2, 0.25) is 0 Å². The van der Waals surface area contributed by atoms with Crippen LogP contribution < -0.4 is 29.8 Å². The van der Waals surface area contributed by atoms with Crippen LogP contribution in [-0.4, -0.2) is 39.8 Å². The second kappa shape index (κ2) is 10.5. The molecule has 29 heavy (non-hydrogen) atoms. The van der Waals surface area contributed by atoms with Crippen molar-refractivity contribution in [1.29, 1.82) is 0 Å². The number of hydrazine groups is 1. The van der Waals surface area contributed by atoms with Gasteiger partial charge in [0.2, 0.25) is 5.75 Å². The summed E-state index contributed by atoms with van der Waals surface area (Å²) in [4.78, 5) is 23.6. The maximum atomic E-state index is 12.8. The minimum absolute atomic E-state index is 0.329. The highest BCUT2D eigenvalue weighted by Crippen LogP contribution is 2.38. The van der Waals surface area contributed by atoms with Crippen LogP contribution in [0.1, 0.15) is 5.56 Å².